The van der Waals surface area contributed by atoms with Crippen molar-refractivity contribution in [3.05, 3.63) is 59.2 Å². The molecule has 1 atom stereocenters. The number of carbonyl (C=O) groups is 3. The molecule has 2 rings (SSSR count). The fourth-order valence-corrected chi connectivity index (χ4v) is 2.40. The Morgan fingerprint density at radius 1 is 1.17 bits per heavy atom. The molecule has 150 valence electrons. The lowest BCUT2D eigenvalue weighted by Crippen LogP contribution is -2.38. The molecule has 1 unspecified atom stereocenters. The quantitative estimate of drug-likeness (QED) is 0.399. The molecule has 0 saturated carbocycles. The largest absolute Gasteiger partial charge is 0.507 e. The van der Waals surface area contributed by atoms with Gasteiger partial charge in [-0.15, -0.1) is 0 Å². The number of phenolic OH excluding ortho intramolecular Hbond substituents is 1. The summed E-state index contributed by atoms with van der Waals surface area (Å²) in [7, 11) is 0. The molecular weight excluding hydrogens is 376 g/mol. The number of aromatic hydroxyl groups is 1. The molecule has 8 nitrogen and oxygen atoms in total. The number of amides is 1. The van der Waals surface area contributed by atoms with Crippen molar-refractivity contribution < 1.29 is 29.3 Å². The predicted octanol–water partition coefficient (Wildman–Crippen LogP) is 2.90. The van der Waals surface area contributed by atoms with Gasteiger partial charge in [0.2, 0.25) is 0 Å². The highest BCUT2D eigenvalue weighted by Crippen LogP contribution is 2.19. The van der Waals surface area contributed by atoms with E-state index in [4.69, 9.17) is 10.1 Å². The van der Waals surface area contributed by atoms with E-state index >= 15 is 0 Å². The number of Topliss-reactive ketones (excluding diaryl/α,β-unsaturated/α-hetero) is 1. The molecule has 2 aromatic carbocycles. The molecular formula is C21H20N2O6. The van der Waals surface area contributed by atoms with Crippen LogP contribution in [0.1, 0.15) is 53.0 Å². The Morgan fingerprint density at radius 2 is 1.86 bits per heavy atom. The second-order valence-corrected chi connectivity index (χ2v) is 6.22. The van der Waals surface area contributed by atoms with Crippen LogP contribution in [0.5, 0.6) is 11.5 Å². The van der Waals surface area contributed by atoms with Crippen LogP contribution in [0.3, 0.4) is 0 Å². The van der Waals surface area contributed by atoms with Crippen molar-refractivity contribution in [2.24, 2.45) is 0 Å². The van der Waals surface area contributed by atoms with E-state index in [9.17, 15) is 19.5 Å². The topological polar surface area (TPSA) is 126 Å². The molecule has 0 bridgehead atoms. The van der Waals surface area contributed by atoms with Crippen molar-refractivity contribution >= 4 is 17.7 Å². The van der Waals surface area contributed by atoms with Crippen molar-refractivity contribution in [2.45, 2.75) is 32.7 Å². The molecule has 2 N–H and O–H groups in total. The lowest BCUT2D eigenvalue weighted by atomic mass is 10.0. The third-order valence-electron chi connectivity index (χ3n) is 3.94. The number of nitrogens with zero attached hydrogens (tertiary/aromatic N) is 1. The third kappa shape index (κ3) is 5.81. The second-order valence-electron chi connectivity index (χ2n) is 6.22. The number of ketones is 1. The summed E-state index contributed by atoms with van der Waals surface area (Å²) < 4.78 is 0. The monoisotopic (exact) mass is 396 g/mol. The van der Waals surface area contributed by atoms with E-state index in [2.05, 4.69) is 10.2 Å². The Hall–Kier alpha value is -3.86. The molecule has 0 heterocycles. The van der Waals surface area contributed by atoms with Crippen molar-refractivity contribution in [2.75, 3.05) is 0 Å². The van der Waals surface area contributed by atoms with Crippen LogP contribution >= 0.6 is 0 Å². The molecule has 2 aromatic rings. The van der Waals surface area contributed by atoms with E-state index < -0.39 is 17.9 Å². The molecule has 8 heteroatoms. The number of rotatable bonds is 8. The normalized spacial score (nSPS) is 11.1. The summed E-state index contributed by atoms with van der Waals surface area (Å²) in [6, 6.07) is 10.8. The third-order valence-corrected chi connectivity index (χ3v) is 3.94. The van der Waals surface area contributed by atoms with Gasteiger partial charge in [-0.25, -0.2) is 4.79 Å². The number of nitrogens with one attached hydrogen (secondary N) is 1. The summed E-state index contributed by atoms with van der Waals surface area (Å²) in [6.07, 6.45) is 0.877. The number of phenols is 1. The fraction of sp³-hybridized carbons (Fsp3) is 0.238. The number of carbonyl (C=O) groups excluding carboxylic acids is 3. The van der Waals surface area contributed by atoms with Crippen LogP contribution in [0.15, 0.2) is 42.5 Å². The van der Waals surface area contributed by atoms with Gasteiger partial charge in [-0.2, -0.15) is 5.26 Å². The van der Waals surface area contributed by atoms with Gasteiger partial charge in [0.25, 0.3) is 5.91 Å². The SMILES string of the molecule is CCCC(=O)OOc1ccc(C(=O)C(C)NC(=O)c2ccc(C#N)cc2O)cc1. The average molecular weight is 396 g/mol. The Labute approximate surface area is 167 Å². The summed E-state index contributed by atoms with van der Waals surface area (Å²) in [6.45, 7) is 3.35. The van der Waals surface area contributed by atoms with Crippen LogP contribution in [0.25, 0.3) is 0 Å². The summed E-state index contributed by atoms with van der Waals surface area (Å²) >= 11 is 0. The highest BCUT2D eigenvalue weighted by molar-refractivity contribution is 6.04. The van der Waals surface area contributed by atoms with Crippen LogP contribution in [0.4, 0.5) is 0 Å². The van der Waals surface area contributed by atoms with Gasteiger partial charge in [0.05, 0.1) is 23.2 Å². The van der Waals surface area contributed by atoms with Crippen molar-refractivity contribution in [3.63, 3.8) is 0 Å². The zero-order chi connectivity index (χ0) is 21.4. The van der Waals surface area contributed by atoms with Crippen LogP contribution < -0.4 is 10.2 Å². The first-order valence-electron chi connectivity index (χ1n) is 8.91. The Balaban J connectivity index is 1.98. The zero-order valence-corrected chi connectivity index (χ0v) is 16.0. The molecule has 0 aliphatic heterocycles. The summed E-state index contributed by atoms with van der Waals surface area (Å²) in [5.41, 5.74) is 0.487. The lowest BCUT2D eigenvalue weighted by Gasteiger charge is -2.14. The first-order valence-corrected chi connectivity index (χ1v) is 8.91. The van der Waals surface area contributed by atoms with Gasteiger partial charge in [-0.05, 0) is 55.8 Å². The minimum atomic E-state index is -0.869. The van der Waals surface area contributed by atoms with Crippen LogP contribution in [-0.4, -0.2) is 28.8 Å². The molecule has 0 aliphatic carbocycles. The molecule has 0 saturated heterocycles. The van der Waals surface area contributed by atoms with Gasteiger partial charge in [-0.1, -0.05) is 6.92 Å². The first kappa shape index (κ1) is 21.4. The highest BCUT2D eigenvalue weighted by atomic mass is 17.2. The molecule has 0 aromatic heterocycles. The number of hydrogen-bond donors (Lipinski definition) is 2. The van der Waals surface area contributed by atoms with E-state index in [0.29, 0.717) is 12.0 Å². The van der Waals surface area contributed by atoms with E-state index in [1.165, 1.54) is 49.4 Å². The summed E-state index contributed by atoms with van der Waals surface area (Å²) in [5, 5.41) is 21.2. The second kappa shape index (κ2) is 9.90. The van der Waals surface area contributed by atoms with Crippen molar-refractivity contribution in [1.82, 2.24) is 5.32 Å². The van der Waals surface area contributed by atoms with Gasteiger partial charge in [-0.3, -0.25) is 19.4 Å². The minimum absolute atomic E-state index is 0.0405. The Morgan fingerprint density at radius 3 is 2.45 bits per heavy atom. The van der Waals surface area contributed by atoms with E-state index in [0.717, 1.165) is 0 Å². The lowest BCUT2D eigenvalue weighted by molar-refractivity contribution is -0.213. The van der Waals surface area contributed by atoms with E-state index in [1.807, 2.05) is 13.0 Å². The van der Waals surface area contributed by atoms with Gasteiger partial charge in [0, 0.05) is 12.0 Å². The fourth-order valence-electron chi connectivity index (χ4n) is 2.40. The standard InChI is InChI=1S/C21H20N2O6/c1-3-4-19(25)29-28-16-8-6-15(7-9-16)20(26)13(2)23-21(27)17-10-5-14(12-22)11-18(17)24/h5-11,13,24H,3-4H2,1-2H3,(H,23,27). The van der Waals surface area contributed by atoms with Gasteiger partial charge < -0.3 is 10.4 Å². The molecule has 0 spiro atoms. The van der Waals surface area contributed by atoms with Gasteiger partial charge in [0.15, 0.2) is 11.5 Å². The highest BCUT2D eigenvalue weighted by Gasteiger charge is 2.20. The van der Waals surface area contributed by atoms with E-state index in [-0.39, 0.29) is 34.8 Å². The Bertz CT molecular complexity index is 947. The number of benzene rings is 2. The maximum atomic E-state index is 12.5. The summed E-state index contributed by atoms with van der Waals surface area (Å²) in [4.78, 5) is 45.6. The molecule has 1 amide bonds. The number of hydrogen-bond acceptors (Lipinski definition) is 7. The smallest absolute Gasteiger partial charge is 0.355 e. The average Bonchev–Trinajstić information content (AvgIpc) is 2.72. The molecule has 0 radical (unpaired) electrons. The first-order chi connectivity index (χ1) is 13.8. The minimum Gasteiger partial charge on any atom is -0.507 e. The van der Waals surface area contributed by atoms with Crippen LogP contribution in [0, 0.1) is 11.3 Å². The van der Waals surface area contributed by atoms with Gasteiger partial charge >= 0.3 is 5.97 Å². The van der Waals surface area contributed by atoms with Crippen LogP contribution in [-0.2, 0) is 9.68 Å². The van der Waals surface area contributed by atoms with Crippen molar-refractivity contribution in [3.8, 4) is 17.6 Å². The Kier molecular flexibility index (Phi) is 7.32. The van der Waals surface area contributed by atoms with Gasteiger partial charge in [0.1, 0.15) is 5.75 Å². The predicted molar refractivity (Wildman–Crippen MR) is 102 cm³/mol. The van der Waals surface area contributed by atoms with Crippen LogP contribution in [0.2, 0.25) is 0 Å². The zero-order valence-electron chi connectivity index (χ0n) is 16.0. The number of nitriles is 1. The molecule has 0 fully saturated rings. The molecule has 0 aliphatic rings. The summed E-state index contributed by atoms with van der Waals surface area (Å²) in [5.74, 6) is -1.59. The maximum absolute atomic E-state index is 12.5. The van der Waals surface area contributed by atoms with E-state index in [1.54, 1.807) is 0 Å². The molecule has 29 heavy (non-hydrogen) atoms. The maximum Gasteiger partial charge on any atom is 0.355 e. The van der Waals surface area contributed by atoms with Crippen molar-refractivity contribution in [1.29, 1.82) is 5.26 Å².